The zero-order valence-electron chi connectivity index (χ0n) is 16.4. The van der Waals surface area contributed by atoms with Crippen LogP contribution in [-0.4, -0.2) is 34.2 Å². The molecule has 1 aromatic heterocycles. The highest BCUT2D eigenvalue weighted by molar-refractivity contribution is 5.76. The highest BCUT2D eigenvalue weighted by Gasteiger charge is 2.09. The van der Waals surface area contributed by atoms with Crippen LogP contribution in [-0.2, 0) is 17.6 Å². The summed E-state index contributed by atoms with van der Waals surface area (Å²) in [5, 5.41) is 11.0. The molecule has 7 heteroatoms. The van der Waals surface area contributed by atoms with Crippen LogP contribution in [0.1, 0.15) is 24.6 Å². The quantitative estimate of drug-likeness (QED) is 0.583. The van der Waals surface area contributed by atoms with Gasteiger partial charge in [-0.05, 0) is 43.2 Å². The highest BCUT2D eigenvalue weighted by Crippen LogP contribution is 2.18. The van der Waals surface area contributed by atoms with Gasteiger partial charge in [0.15, 0.2) is 5.82 Å². The first-order valence-electron chi connectivity index (χ1n) is 9.65. The number of aromatic nitrogens is 3. The third-order valence-corrected chi connectivity index (χ3v) is 4.37. The van der Waals surface area contributed by atoms with E-state index < -0.39 is 0 Å². The number of benzene rings is 2. The SMILES string of the molecule is CCOc1ccc(-c2nnc(CCC(=O)NCCc3ccccc3)c(=O)[nH]2)cc1. The Labute approximate surface area is 169 Å². The van der Waals surface area contributed by atoms with Crippen LogP contribution < -0.4 is 15.6 Å². The number of hydrogen-bond donors (Lipinski definition) is 2. The summed E-state index contributed by atoms with van der Waals surface area (Å²) in [6, 6.07) is 17.2. The lowest BCUT2D eigenvalue weighted by molar-refractivity contribution is -0.121. The molecule has 2 N–H and O–H groups in total. The van der Waals surface area contributed by atoms with Crippen molar-refractivity contribution in [3.8, 4) is 17.1 Å². The molecule has 150 valence electrons. The van der Waals surface area contributed by atoms with Gasteiger partial charge >= 0.3 is 0 Å². The van der Waals surface area contributed by atoms with Gasteiger partial charge in [0.25, 0.3) is 5.56 Å². The highest BCUT2D eigenvalue weighted by atomic mass is 16.5. The summed E-state index contributed by atoms with van der Waals surface area (Å²) in [6.07, 6.45) is 1.20. The topological polar surface area (TPSA) is 97.0 Å². The standard InChI is InChI=1S/C22H24N4O3/c1-2-29-18-10-8-17(9-11-18)21-24-22(28)19(25-26-21)12-13-20(27)23-15-14-16-6-4-3-5-7-16/h3-11H,2,12-15H2,1H3,(H,23,27)(H,24,26,28). The zero-order chi connectivity index (χ0) is 20.5. The Morgan fingerprint density at radius 3 is 2.48 bits per heavy atom. The van der Waals surface area contributed by atoms with Gasteiger partial charge in [0, 0.05) is 24.9 Å². The van der Waals surface area contributed by atoms with Gasteiger partial charge in [0.2, 0.25) is 5.91 Å². The van der Waals surface area contributed by atoms with Crippen molar-refractivity contribution in [2.75, 3.05) is 13.2 Å². The molecule has 0 spiro atoms. The molecule has 0 unspecified atom stereocenters. The number of carbonyl (C=O) groups is 1. The van der Waals surface area contributed by atoms with Crippen LogP contribution in [0.2, 0.25) is 0 Å². The summed E-state index contributed by atoms with van der Waals surface area (Å²) in [6.45, 7) is 3.06. The number of aryl methyl sites for hydroxylation is 1. The fourth-order valence-electron chi connectivity index (χ4n) is 2.84. The lowest BCUT2D eigenvalue weighted by Gasteiger charge is -2.06. The van der Waals surface area contributed by atoms with E-state index >= 15 is 0 Å². The minimum absolute atomic E-state index is 0.113. The molecule has 0 saturated heterocycles. The third kappa shape index (κ3) is 6.00. The number of rotatable bonds is 9. The van der Waals surface area contributed by atoms with Gasteiger partial charge in [-0.25, -0.2) is 0 Å². The Hall–Kier alpha value is -3.48. The van der Waals surface area contributed by atoms with Crippen molar-refractivity contribution < 1.29 is 9.53 Å². The summed E-state index contributed by atoms with van der Waals surface area (Å²) >= 11 is 0. The summed E-state index contributed by atoms with van der Waals surface area (Å²) in [5.74, 6) is 1.02. The number of nitrogens with one attached hydrogen (secondary N) is 2. The van der Waals surface area contributed by atoms with Crippen molar-refractivity contribution in [3.63, 3.8) is 0 Å². The molecule has 29 heavy (non-hydrogen) atoms. The van der Waals surface area contributed by atoms with E-state index in [0.717, 1.165) is 17.7 Å². The minimum atomic E-state index is -0.332. The van der Waals surface area contributed by atoms with E-state index in [1.807, 2.05) is 61.5 Å². The number of nitrogens with zero attached hydrogens (tertiary/aromatic N) is 2. The van der Waals surface area contributed by atoms with E-state index in [0.29, 0.717) is 19.0 Å². The monoisotopic (exact) mass is 392 g/mol. The van der Waals surface area contributed by atoms with E-state index in [2.05, 4.69) is 20.5 Å². The fourth-order valence-corrected chi connectivity index (χ4v) is 2.84. The fraction of sp³-hybridized carbons (Fsp3) is 0.273. The Balaban J connectivity index is 1.51. The maximum absolute atomic E-state index is 12.3. The average molecular weight is 392 g/mol. The van der Waals surface area contributed by atoms with Crippen molar-refractivity contribution in [3.05, 3.63) is 76.2 Å². The first-order valence-corrected chi connectivity index (χ1v) is 9.65. The minimum Gasteiger partial charge on any atom is -0.494 e. The molecule has 0 fully saturated rings. The van der Waals surface area contributed by atoms with Crippen LogP contribution in [0.15, 0.2) is 59.4 Å². The van der Waals surface area contributed by atoms with Crippen molar-refractivity contribution in [2.45, 2.75) is 26.2 Å². The maximum Gasteiger partial charge on any atom is 0.273 e. The molecule has 0 aliphatic rings. The first-order chi connectivity index (χ1) is 14.2. The number of ether oxygens (including phenoxy) is 1. The number of hydrogen-bond acceptors (Lipinski definition) is 5. The van der Waals surface area contributed by atoms with Gasteiger partial charge in [-0.2, -0.15) is 0 Å². The van der Waals surface area contributed by atoms with Gasteiger partial charge in [0.05, 0.1) is 6.61 Å². The van der Waals surface area contributed by atoms with Crippen LogP contribution in [0.5, 0.6) is 5.75 Å². The normalized spacial score (nSPS) is 10.5. The maximum atomic E-state index is 12.3. The van der Waals surface area contributed by atoms with E-state index in [9.17, 15) is 9.59 Å². The second-order valence-corrected chi connectivity index (χ2v) is 6.49. The predicted molar refractivity (Wildman–Crippen MR) is 111 cm³/mol. The lowest BCUT2D eigenvalue weighted by atomic mass is 10.1. The van der Waals surface area contributed by atoms with Crippen molar-refractivity contribution in [2.24, 2.45) is 0 Å². The summed E-state index contributed by atoms with van der Waals surface area (Å²) in [4.78, 5) is 27.0. The van der Waals surface area contributed by atoms with Crippen LogP contribution in [0.4, 0.5) is 0 Å². The molecule has 0 aliphatic carbocycles. The molecule has 0 saturated carbocycles. The Bertz CT molecular complexity index is 985. The van der Waals surface area contributed by atoms with Crippen LogP contribution in [0, 0.1) is 0 Å². The Morgan fingerprint density at radius 1 is 1.03 bits per heavy atom. The molecule has 1 amide bonds. The van der Waals surface area contributed by atoms with Crippen molar-refractivity contribution in [1.82, 2.24) is 20.5 Å². The van der Waals surface area contributed by atoms with E-state index in [1.165, 1.54) is 5.56 Å². The largest absolute Gasteiger partial charge is 0.494 e. The van der Waals surface area contributed by atoms with E-state index in [1.54, 1.807) is 0 Å². The second-order valence-electron chi connectivity index (χ2n) is 6.49. The summed E-state index contributed by atoms with van der Waals surface area (Å²) < 4.78 is 5.40. The van der Waals surface area contributed by atoms with Crippen molar-refractivity contribution >= 4 is 5.91 Å². The molecule has 0 atom stereocenters. The first kappa shape index (κ1) is 20.3. The number of amides is 1. The Morgan fingerprint density at radius 2 is 1.79 bits per heavy atom. The number of aromatic amines is 1. The van der Waals surface area contributed by atoms with E-state index in [4.69, 9.17) is 4.74 Å². The van der Waals surface area contributed by atoms with Crippen molar-refractivity contribution in [1.29, 1.82) is 0 Å². The second kappa shape index (κ2) is 10.2. The molecular formula is C22H24N4O3. The number of H-pyrrole nitrogens is 1. The number of carbonyl (C=O) groups excluding carboxylic acids is 1. The molecular weight excluding hydrogens is 368 g/mol. The molecule has 0 aliphatic heterocycles. The van der Waals surface area contributed by atoms with Gasteiger partial charge in [0.1, 0.15) is 11.4 Å². The van der Waals surface area contributed by atoms with Gasteiger partial charge < -0.3 is 15.0 Å². The van der Waals surface area contributed by atoms with E-state index in [-0.39, 0.29) is 30.0 Å². The van der Waals surface area contributed by atoms with Crippen LogP contribution >= 0.6 is 0 Å². The molecule has 1 heterocycles. The third-order valence-electron chi connectivity index (χ3n) is 4.37. The summed E-state index contributed by atoms with van der Waals surface area (Å²) in [7, 11) is 0. The summed E-state index contributed by atoms with van der Waals surface area (Å²) in [5.41, 5.74) is 1.82. The zero-order valence-corrected chi connectivity index (χ0v) is 16.4. The Kier molecular flexibility index (Phi) is 7.10. The lowest BCUT2D eigenvalue weighted by Crippen LogP contribution is -2.27. The average Bonchev–Trinajstić information content (AvgIpc) is 2.74. The molecule has 2 aromatic carbocycles. The van der Waals surface area contributed by atoms with Crippen LogP contribution in [0.25, 0.3) is 11.4 Å². The van der Waals surface area contributed by atoms with Gasteiger partial charge in [-0.15, -0.1) is 10.2 Å². The predicted octanol–water partition coefficient (Wildman–Crippen LogP) is 2.52. The van der Waals surface area contributed by atoms with Gasteiger partial charge in [-0.3, -0.25) is 9.59 Å². The molecule has 3 rings (SSSR count). The molecule has 3 aromatic rings. The van der Waals surface area contributed by atoms with Crippen LogP contribution in [0.3, 0.4) is 0 Å². The molecule has 0 bridgehead atoms. The molecule has 7 nitrogen and oxygen atoms in total. The molecule has 0 radical (unpaired) electrons. The smallest absolute Gasteiger partial charge is 0.273 e. The van der Waals surface area contributed by atoms with Gasteiger partial charge in [-0.1, -0.05) is 30.3 Å².